The zero-order valence-corrected chi connectivity index (χ0v) is 22.4. The topological polar surface area (TPSA) is 92.4 Å². The Hall–Kier alpha value is -5.30. The summed E-state index contributed by atoms with van der Waals surface area (Å²) < 4.78 is 20.2. The molecule has 1 heterocycles. The minimum absolute atomic E-state index is 0.173. The molecule has 7 rings (SSSR count). The summed E-state index contributed by atoms with van der Waals surface area (Å²) in [7, 11) is 0. The largest absolute Gasteiger partial charge is 0.478 e. The van der Waals surface area contributed by atoms with Crippen molar-refractivity contribution in [3.05, 3.63) is 137 Å². The van der Waals surface area contributed by atoms with E-state index in [0.717, 1.165) is 34.7 Å². The van der Waals surface area contributed by atoms with Crippen molar-refractivity contribution in [1.82, 2.24) is 10.5 Å². The van der Waals surface area contributed by atoms with E-state index in [9.17, 15) is 19.1 Å². The number of carbonyl (C=O) groups excluding carboxylic acids is 1. The molecule has 1 aromatic heterocycles. The fourth-order valence-corrected chi connectivity index (χ4v) is 5.72. The SMILES string of the molecule is O=C(O)c1ccc(CNC(=O)c2cc(-c3cccc(F)c3)cc3noc(C4(c5ccc6ccccc6c5)CC4)c23)cc1. The van der Waals surface area contributed by atoms with Crippen molar-refractivity contribution < 1.29 is 23.6 Å². The molecule has 0 aliphatic heterocycles. The minimum Gasteiger partial charge on any atom is -0.478 e. The van der Waals surface area contributed by atoms with Crippen molar-refractivity contribution in [1.29, 1.82) is 0 Å². The number of aromatic nitrogens is 1. The molecule has 5 aromatic carbocycles. The molecule has 7 heteroatoms. The summed E-state index contributed by atoms with van der Waals surface area (Å²) in [6, 6.07) is 30.7. The van der Waals surface area contributed by atoms with E-state index in [1.807, 2.05) is 18.2 Å². The van der Waals surface area contributed by atoms with Crippen molar-refractivity contribution >= 4 is 33.6 Å². The molecule has 0 unspecified atom stereocenters. The van der Waals surface area contributed by atoms with E-state index >= 15 is 0 Å². The second kappa shape index (κ2) is 9.96. The summed E-state index contributed by atoms with van der Waals surface area (Å²) in [4.78, 5) is 25.0. The Morgan fingerprint density at radius 2 is 1.64 bits per heavy atom. The molecule has 1 aliphatic rings. The summed E-state index contributed by atoms with van der Waals surface area (Å²) in [6.45, 7) is 0.195. The Kier molecular flexibility index (Phi) is 6.08. The number of benzene rings is 5. The van der Waals surface area contributed by atoms with Gasteiger partial charge in [-0.2, -0.15) is 0 Å². The van der Waals surface area contributed by atoms with Gasteiger partial charge in [-0.05, 0) is 82.3 Å². The number of nitrogens with zero attached hydrogens (tertiary/aromatic N) is 1. The lowest BCUT2D eigenvalue weighted by Crippen LogP contribution is -2.23. The summed E-state index contributed by atoms with van der Waals surface area (Å²) in [5.41, 5.74) is 3.81. The van der Waals surface area contributed by atoms with Gasteiger partial charge in [-0.15, -0.1) is 0 Å². The number of hydrogen-bond donors (Lipinski definition) is 2. The molecule has 2 N–H and O–H groups in total. The zero-order valence-electron chi connectivity index (χ0n) is 22.4. The van der Waals surface area contributed by atoms with Crippen molar-refractivity contribution in [3.63, 3.8) is 0 Å². The molecule has 0 atom stereocenters. The van der Waals surface area contributed by atoms with Crippen LogP contribution in [0.5, 0.6) is 0 Å². The molecular weight excluding hydrogens is 531 g/mol. The molecule has 206 valence electrons. The van der Waals surface area contributed by atoms with Crippen molar-refractivity contribution in [3.8, 4) is 11.1 Å². The molecule has 6 aromatic rings. The first kappa shape index (κ1) is 25.7. The number of amides is 1. The highest BCUT2D eigenvalue weighted by atomic mass is 19.1. The number of hydrogen-bond acceptors (Lipinski definition) is 4. The van der Waals surface area contributed by atoms with Crippen molar-refractivity contribution in [2.24, 2.45) is 0 Å². The number of fused-ring (bicyclic) bond motifs is 2. The van der Waals surface area contributed by atoms with Crippen molar-refractivity contribution in [2.45, 2.75) is 24.8 Å². The average Bonchev–Trinajstić information content (AvgIpc) is 3.71. The van der Waals surface area contributed by atoms with Gasteiger partial charge < -0.3 is 14.9 Å². The van der Waals surface area contributed by atoms with E-state index in [0.29, 0.717) is 33.4 Å². The second-order valence-corrected chi connectivity index (χ2v) is 10.8. The zero-order chi connectivity index (χ0) is 28.8. The van der Waals surface area contributed by atoms with E-state index in [1.165, 1.54) is 24.3 Å². The molecule has 0 spiro atoms. The summed E-state index contributed by atoms with van der Waals surface area (Å²) in [5, 5.41) is 19.5. The third-order valence-corrected chi connectivity index (χ3v) is 8.12. The molecule has 1 amide bonds. The van der Waals surface area contributed by atoms with Gasteiger partial charge in [-0.3, -0.25) is 4.79 Å². The van der Waals surface area contributed by atoms with Crippen LogP contribution in [0.2, 0.25) is 0 Å². The minimum atomic E-state index is -1.01. The van der Waals surface area contributed by atoms with Crippen LogP contribution < -0.4 is 5.32 Å². The maximum absolute atomic E-state index is 14.1. The van der Waals surface area contributed by atoms with Gasteiger partial charge in [0.1, 0.15) is 11.3 Å². The number of carboxylic acids is 1. The highest BCUT2D eigenvalue weighted by Crippen LogP contribution is 2.56. The monoisotopic (exact) mass is 556 g/mol. The molecule has 1 fully saturated rings. The van der Waals surface area contributed by atoms with Gasteiger partial charge in [-0.25, -0.2) is 9.18 Å². The Bertz CT molecular complexity index is 2010. The molecule has 42 heavy (non-hydrogen) atoms. The predicted molar refractivity (Wildman–Crippen MR) is 158 cm³/mol. The Morgan fingerprint density at radius 1 is 0.857 bits per heavy atom. The fraction of sp³-hybridized carbons (Fsp3) is 0.114. The van der Waals surface area contributed by atoms with Crippen LogP contribution in [-0.2, 0) is 12.0 Å². The number of carbonyl (C=O) groups is 2. The molecule has 0 radical (unpaired) electrons. The molecule has 0 bridgehead atoms. The van der Waals surface area contributed by atoms with Gasteiger partial charge in [0.05, 0.1) is 21.9 Å². The molecule has 0 saturated heterocycles. The number of aromatic carboxylic acids is 1. The van der Waals surface area contributed by atoms with E-state index in [-0.39, 0.29) is 23.8 Å². The molecular formula is C35H25FN2O4. The number of carboxylic acid groups (broad SMARTS) is 1. The van der Waals surface area contributed by atoms with Gasteiger partial charge in [0.15, 0.2) is 5.76 Å². The summed E-state index contributed by atoms with van der Waals surface area (Å²) in [5.74, 6) is -1.08. The standard InChI is InChI=1S/C35H25FN2O4/c36-28-7-3-6-25(17-28)26-18-29(33(39)37-20-21-8-10-23(11-9-21)34(40)41)31-30(19-26)38-42-32(31)35(14-15-35)27-13-12-22-4-1-2-5-24(22)16-27/h1-13,16-19H,14-15,20H2,(H,37,39)(H,40,41). The lowest BCUT2D eigenvalue weighted by Gasteiger charge is -2.16. The van der Waals surface area contributed by atoms with E-state index < -0.39 is 11.4 Å². The first-order chi connectivity index (χ1) is 20.4. The lowest BCUT2D eigenvalue weighted by atomic mass is 9.87. The Morgan fingerprint density at radius 3 is 2.38 bits per heavy atom. The third kappa shape index (κ3) is 4.49. The smallest absolute Gasteiger partial charge is 0.335 e. The number of halogens is 1. The van der Waals surface area contributed by atoms with E-state index in [1.54, 1.807) is 30.3 Å². The van der Waals surface area contributed by atoms with Gasteiger partial charge in [-0.1, -0.05) is 71.9 Å². The summed E-state index contributed by atoms with van der Waals surface area (Å²) >= 11 is 0. The average molecular weight is 557 g/mol. The van der Waals surface area contributed by atoms with Gasteiger partial charge in [0.25, 0.3) is 5.91 Å². The first-order valence-corrected chi connectivity index (χ1v) is 13.7. The van der Waals surface area contributed by atoms with Crippen LogP contribution in [0.25, 0.3) is 32.8 Å². The van der Waals surface area contributed by atoms with Crippen molar-refractivity contribution in [2.75, 3.05) is 0 Å². The lowest BCUT2D eigenvalue weighted by molar-refractivity contribution is 0.0696. The Balaban J connectivity index is 1.32. The molecule has 1 saturated carbocycles. The van der Waals surface area contributed by atoms with Crippen LogP contribution in [-0.4, -0.2) is 22.1 Å². The van der Waals surface area contributed by atoms with E-state index in [4.69, 9.17) is 4.52 Å². The van der Waals surface area contributed by atoms with Crippen LogP contribution in [0.15, 0.2) is 108 Å². The molecule has 1 aliphatic carbocycles. The molecule has 6 nitrogen and oxygen atoms in total. The Labute approximate surface area is 240 Å². The van der Waals surface area contributed by atoms with Crippen LogP contribution >= 0.6 is 0 Å². The van der Waals surface area contributed by atoms with Crippen LogP contribution in [0.3, 0.4) is 0 Å². The van der Waals surface area contributed by atoms with Crippen LogP contribution in [0.1, 0.15) is 50.4 Å². The highest BCUT2D eigenvalue weighted by Gasteiger charge is 2.51. The third-order valence-electron chi connectivity index (χ3n) is 8.12. The summed E-state index contributed by atoms with van der Waals surface area (Å²) in [6.07, 6.45) is 1.72. The predicted octanol–water partition coefficient (Wildman–Crippen LogP) is 7.50. The van der Waals surface area contributed by atoms with Crippen LogP contribution in [0.4, 0.5) is 4.39 Å². The quantitative estimate of drug-likeness (QED) is 0.213. The number of rotatable bonds is 7. The first-order valence-electron chi connectivity index (χ1n) is 13.7. The maximum Gasteiger partial charge on any atom is 0.335 e. The fourth-order valence-electron chi connectivity index (χ4n) is 5.72. The number of nitrogens with one attached hydrogen (secondary N) is 1. The van der Waals surface area contributed by atoms with Gasteiger partial charge in [0, 0.05) is 6.54 Å². The van der Waals surface area contributed by atoms with E-state index in [2.05, 4.69) is 40.8 Å². The second-order valence-electron chi connectivity index (χ2n) is 10.8. The maximum atomic E-state index is 14.1. The van der Waals surface area contributed by atoms with Gasteiger partial charge in [0.2, 0.25) is 0 Å². The van der Waals surface area contributed by atoms with Crippen LogP contribution in [0, 0.1) is 5.82 Å². The normalized spacial score (nSPS) is 13.7. The highest BCUT2D eigenvalue weighted by molar-refractivity contribution is 6.09. The van der Waals surface area contributed by atoms with Gasteiger partial charge >= 0.3 is 5.97 Å².